The molecule has 2 rings (SSSR count). The molecule has 1 N–H and O–H groups in total. The van der Waals surface area contributed by atoms with Crippen molar-refractivity contribution in [3.63, 3.8) is 0 Å². The van der Waals surface area contributed by atoms with Gasteiger partial charge in [-0.3, -0.25) is 9.59 Å². The van der Waals surface area contributed by atoms with Crippen LogP contribution in [-0.4, -0.2) is 27.8 Å². The highest BCUT2D eigenvalue weighted by Gasteiger charge is 2.19. The van der Waals surface area contributed by atoms with Gasteiger partial charge in [0.05, 0.1) is 12.0 Å². The van der Waals surface area contributed by atoms with Gasteiger partial charge in [0.25, 0.3) is 5.56 Å². The summed E-state index contributed by atoms with van der Waals surface area (Å²) in [6, 6.07) is 0. The number of hydrogen-bond donors (Lipinski definition) is 1. The van der Waals surface area contributed by atoms with Gasteiger partial charge in [-0.15, -0.1) is 11.3 Å². The first-order valence-electron chi connectivity index (χ1n) is 7.77. The summed E-state index contributed by atoms with van der Waals surface area (Å²) in [7, 11) is 0. The molecule has 7 heteroatoms. The molecule has 0 amide bonds. The number of aromatic amines is 1. The van der Waals surface area contributed by atoms with Crippen molar-refractivity contribution in [1.29, 1.82) is 0 Å². The number of nitrogens with one attached hydrogen (secondary N) is 1. The van der Waals surface area contributed by atoms with E-state index in [4.69, 9.17) is 4.74 Å². The van der Waals surface area contributed by atoms with Crippen LogP contribution in [0.25, 0.3) is 10.2 Å². The van der Waals surface area contributed by atoms with E-state index in [0.29, 0.717) is 17.1 Å². The number of carbonyl (C=O) groups excluding carboxylic acids is 1. The lowest BCUT2D eigenvalue weighted by atomic mass is 10.2. The van der Waals surface area contributed by atoms with Crippen molar-refractivity contribution in [1.82, 2.24) is 9.97 Å². The number of thioether (sulfide) groups is 1. The van der Waals surface area contributed by atoms with E-state index in [9.17, 15) is 9.59 Å². The largest absolute Gasteiger partial charge is 0.465 e. The quantitative estimate of drug-likeness (QED) is 0.354. The van der Waals surface area contributed by atoms with Crippen LogP contribution in [0.4, 0.5) is 0 Å². The zero-order chi connectivity index (χ0) is 17.0. The van der Waals surface area contributed by atoms with Gasteiger partial charge >= 0.3 is 5.97 Å². The van der Waals surface area contributed by atoms with Gasteiger partial charge in [-0.05, 0) is 32.8 Å². The first-order valence-corrected chi connectivity index (χ1v) is 9.47. The summed E-state index contributed by atoms with van der Waals surface area (Å²) in [5, 5.41) is 0.702. The smallest absolute Gasteiger partial charge is 0.319 e. The molecule has 0 bridgehead atoms. The van der Waals surface area contributed by atoms with E-state index < -0.39 is 5.25 Å². The van der Waals surface area contributed by atoms with Crippen molar-refractivity contribution in [3.8, 4) is 0 Å². The fraction of sp³-hybridized carbons (Fsp3) is 0.562. The molecule has 0 saturated carbocycles. The van der Waals surface area contributed by atoms with Crippen molar-refractivity contribution in [2.24, 2.45) is 0 Å². The number of carbonyl (C=O) groups is 1. The predicted molar refractivity (Wildman–Crippen MR) is 95.5 cm³/mol. The maximum Gasteiger partial charge on any atom is 0.319 e. The fourth-order valence-electron chi connectivity index (χ4n) is 2.15. The van der Waals surface area contributed by atoms with Crippen molar-refractivity contribution in [2.75, 3.05) is 6.61 Å². The summed E-state index contributed by atoms with van der Waals surface area (Å²) in [4.78, 5) is 33.2. The van der Waals surface area contributed by atoms with Crippen LogP contribution in [0.5, 0.6) is 0 Å². The third-order valence-corrected chi connectivity index (χ3v) is 5.69. The number of esters is 1. The molecule has 0 aliphatic carbocycles. The normalized spacial score (nSPS) is 12.5. The average molecular weight is 354 g/mol. The zero-order valence-corrected chi connectivity index (χ0v) is 15.5. The summed E-state index contributed by atoms with van der Waals surface area (Å²) < 4.78 is 5.24. The van der Waals surface area contributed by atoms with E-state index in [-0.39, 0.29) is 11.5 Å². The second-order valence-electron chi connectivity index (χ2n) is 5.47. The van der Waals surface area contributed by atoms with Gasteiger partial charge < -0.3 is 9.72 Å². The number of unbranched alkanes of at least 4 members (excludes halogenated alkanes) is 2. The maximum atomic E-state index is 12.2. The zero-order valence-electron chi connectivity index (χ0n) is 13.9. The molecule has 2 aromatic heterocycles. The van der Waals surface area contributed by atoms with Gasteiger partial charge in [-0.1, -0.05) is 31.5 Å². The second kappa shape index (κ2) is 7.97. The molecule has 0 aliphatic heterocycles. The SMILES string of the molecule is CCCCCOC(=O)C(C)Sc1nc2sc(C)c(C)c2c(=O)[nH]1. The lowest BCUT2D eigenvalue weighted by Gasteiger charge is -2.10. The Bertz CT molecular complexity index is 752. The number of rotatable bonds is 7. The Hall–Kier alpha value is -1.34. The number of thiophene rings is 1. The van der Waals surface area contributed by atoms with Crippen LogP contribution in [-0.2, 0) is 9.53 Å². The molecule has 1 atom stereocenters. The highest BCUT2D eigenvalue weighted by Crippen LogP contribution is 2.28. The molecule has 0 aromatic carbocycles. The molecule has 0 fully saturated rings. The van der Waals surface area contributed by atoms with E-state index in [0.717, 1.165) is 34.5 Å². The molecule has 23 heavy (non-hydrogen) atoms. The van der Waals surface area contributed by atoms with E-state index in [1.54, 1.807) is 6.92 Å². The highest BCUT2D eigenvalue weighted by atomic mass is 32.2. The first kappa shape index (κ1) is 18.0. The Labute approximate surface area is 143 Å². The third-order valence-electron chi connectivity index (χ3n) is 3.63. The monoisotopic (exact) mass is 354 g/mol. The Balaban J connectivity index is 2.06. The lowest BCUT2D eigenvalue weighted by molar-refractivity contribution is -0.142. The summed E-state index contributed by atoms with van der Waals surface area (Å²) in [5.74, 6) is -0.271. The molecular formula is C16H22N2O3S2. The molecule has 1 unspecified atom stereocenters. The van der Waals surface area contributed by atoms with Gasteiger partial charge in [0.1, 0.15) is 10.1 Å². The molecular weight excluding hydrogens is 332 g/mol. The van der Waals surface area contributed by atoms with E-state index in [2.05, 4.69) is 16.9 Å². The summed E-state index contributed by atoms with van der Waals surface area (Å²) in [6.45, 7) is 8.22. The molecule has 2 heterocycles. The molecule has 0 radical (unpaired) electrons. The average Bonchev–Trinajstić information content (AvgIpc) is 2.78. The number of nitrogens with zero attached hydrogens (tertiary/aromatic N) is 1. The van der Waals surface area contributed by atoms with Crippen molar-refractivity contribution in [3.05, 3.63) is 20.8 Å². The molecule has 0 aliphatic rings. The molecule has 126 valence electrons. The van der Waals surface area contributed by atoms with Crippen molar-refractivity contribution in [2.45, 2.75) is 57.4 Å². The fourth-order valence-corrected chi connectivity index (χ4v) is 4.03. The van der Waals surface area contributed by atoms with Crippen LogP contribution >= 0.6 is 23.1 Å². The Morgan fingerprint density at radius 3 is 2.83 bits per heavy atom. The van der Waals surface area contributed by atoms with Gasteiger partial charge in [0, 0.05) is 4.88 Å². The highest BCUT2D eigenvalue weighted by molar-refractivity contribution is 8.00. The summed E-state index contributed by atoms with van der Waals surface area (Å²) >= 11 is 2.73. The van der Waals surface area contributed by atoms with E-state index in [1.165, 1.54) is 23.1 Å². The lowest BCUT2D eigenvalue weighted by Crippen LogP contribution is -2.19. The van der Waals surface area contributed by atoms with Crippen LogP contribution in [0.2, 0.25) is 0 Å². The minimum atomic E-state index is -0.403. The Morgan fingerprint density at radius 1 is 1.39 bits per heavy atom. The third kappa shape index (κ3) is 4.35. The maximum absolute atomic E-state index is 12.2. The van der Waals surface area contributed by atoms with Crippen molar-refractivity contribution >= 4 is 39.3 Å². The van der Waals surface area contributed by atoms with Crippen LogP contribution in [0, 0.1) is 13.8 Å². The summed E-state index contributed by atoms with van der Waals surface area (Å²) in [5.41, 5.74) is 0.821. The molecule has 0 spiro atoms. The number of fused-ring (bicyclic) bond motifs is 1. The standard InChI is InChI=1S/C16H22N2O3S2/c1-5-6-7-8-21-15(20)11(4)23-16-17-13(19)12-9(2)10(3)22-14(12)18-16/h11H,5-8H2,1-4H3,(H,17,18,19). The number of ether oxygens (including phenoxy) is 1. The minimum Gasteiger partial charge on any atom is -0.465 e. The van der Waals surface area contributed by atoms with E-state index >= 15 is 0 Å². The van der Waals surface area contributed by atoms with Crippen LogP contribution in [0.3, 0.4) is 0 Å². The molecule has 2 aromatic rings. The number of aromatic nitrogens is 2. The predicted octanol–water partition coefficient (Wildman–Crippen LogP) is 3.82. The van der Waals surface area contributed by atoms with Crippen LogP contribution in [0.15, 0.2) is 9.95 Å². The number of hydrogen-bond acceptors (Lipinski definition) is 6. The van der Waals surface area contributed by atoms with E-state index in [1.807, 2.05) is 13.8 Å². The first-order chi connectivity index (χ1) is 10.9. The topological polar surface area (TPSA) is 72.0 Å². The molecule has 0 saturated heterocycles. The minimum absolute atomic E-state index is 0.150. The van der Waals surface area contributed by atoms with Gasteiger partial charge in [0.15, 0.2) is 5.16 Å². The summed E-state index contributed by atoms with van der Waals surface area (Å²) in [6.07, 6.45) is 3.03. The van der Waals surface area contributed by atoms with Crippen LogP contribution in [0.1, 0.15) is 43.6 Å². The van der Waals surface area contributed by atoms with Crippen LogP contribution < -0.4 is 5.56 Å². The molecule has 5 nitrogen and oxygen atoms in total. The Kier molecular flexibility index (Phi) is 6.24. The second-order valence-corrected chi connectivity index (χ2v) is 8.00. The van der Waals surface area contributed by atoms with Gasteiger partial charge in [0.2, 0.25) is 0 Å². The number of aryl methyl sites for hydroxylation is 2. The van der Waals surface area contributed by atoms with Crippen molar-refractivity contribution < 1.29 is 9.53 Å². The Morgan fingerprint density at radius 2 is 2.13 bits per heavy atom. The van der Waals surface area contributed by atoms with Gasteiger partial charge in [-0.25, -0.2) is 4.98 Å². The number of H-pyrrole nitrogens is 1. The van der Waals surface area contributed by atoms with Gasteiger partial charge in [-0.2, -0.15) is 0 Å².